The van der Waals surface area contributed by atoms with Gasteiger partial charge in [-0.25, -0.2) is 15.0 Å². The third-order valence-electron chi connectivity index (χ3n) is 2.13. The van der Waals surface area contributed by atoms with Gasteiger partial charge in [-0.2, -0.15) is 0 Å². The highest BCUT2D eigenvalue weighted by atomic mass is 16.1. The molecule has 5 nitrogen and oxygen atoms in total. The van der Waals surface area contributed by atoms with Crippen LogP contribution < -0.4 is 5.56 Å². The molecular formula is C11H12N4O. The van der Waals surface area contributed by atoms with Gasteiger partial charge >= 0.3 is 0 Å². The van der Waals surface area contributed by atoms with Crippen molar-refractivity contribution in [2.24, 2.45) is 0 Å². The van der Waals surface area contributed by atoms with Crippen molar-refractivity contribution in [3.05, 3.63) is 40.7 Å². The highest BCUT2D eigenvalue weighted by molar-refractivity contribution is 5.47. The summed E-state index contributed by atoms with van der Waals surface area (Å²) in [5.74, 6) is 0.498. The Labute approximate surface area is 92.6 Å². The van der Waals surface area contributed by atoms with Crippen LogP contribution in [0.15, 0.2) is 29.5 Å². The zero-order valence-corrected chi connectivity index (χ0v) is 8.97. The highest BCUT2D eigenvalue weighted by Crippen LogP contribution is 2.08. The van der Waals surface area contributed by atoms with Gasteiger partial charge in [-0.1, -0.05) is 13.3 Å². The molecule has 0 unspecified atom stereocenters. The van der Waals surface area contributed by atoms with E-state index >= 15 is 0 Å². The largest absolute Gasteiger partial charge is 0.305 e. The molecule has 2 rings (SSSR count). The fourth-order valence-corrected chi connectivity index (χ4v) is 1.44. The molecule has 0 aliphatic carbocycles. The summed E-state index contributed by atoms with van der Waals surface area (Å²) in [5, 5.41) is 0. The summed E-state index contributed by atoms with van der Waals surface area (Å²) >= 11 is 0. The van der Waals surface area contributed by atoms with Crippen LogP contribution in [0.2, 0.25) is 0 Å². The zero-order valence-electron chi connectivity index (χ0n) is 8.97. The standard InChI is InChI=1S/C11H12N4O/c1-2-3-8-6-10(16)15-11(14-8)9-4-5-12-7-13-9/h4-7H,2-3H2,1H3,(H,14,15,16). The number of nitrogens with zero attached hydrogens (tertiary/aromatic N) is 3. The summed E-state index contributed by atoms with van der Waals surface area (Å²) in [4.78, 5) is 26.3. The summed E-state index contributed by atoms with van der Waals surface area (Å²) in [6, 6.07) is 3.24. The maximum Gasteiger partial charge on any atom is 0.251 e. The second-order valence-corrected chi connectivity index (χ2v) is 3.43. The monoisotopic (exact) mass is 216 g/mol. The fourth-order valence-electron chi connectivity index (χ4n) is 1.44. The Hall–Kier alpha value is -2.04. The smallest absolute Gasteiger partial charge is 0.251 e. The topological polar surface area (TPSA) is 71.5 Å². The first-order chi connectivity index (χ1) is 7.79. The Morgan fingerprint density at radius 2 is 2.31 bits per heavy atom. The van der Waals surface area contributed by atoms with Crippen LogP contribution in [0.1, 0.15) is 19.0 Å². The lowest BCUT2D eigenvalue weighted by Gasteiger charge is -2.01. The van der Waals surface area contributed by atoms with E-state index in [-0.39, 0.29) is 5.56 Å². The Kier molecular flexibility index (Phi) is 3.05. The van der Waals surface area contributed by atoms with Crippen LogP contribution in [0.3, 0.4) is 0 Å². The van der Waals surface area contributed by atoms with Gasteiger partial charge < -0.3 is 4.98 Å². The number of nitrogens with one attached hydrogen (secondary N) is 1. The number of hydrogen-bond donors (Lipinski definition) is 1. The van der Waals surface area contributed by atoms with Crippen molar-refractivity contribution < 1.29 is 0 Å². The molecule has 82 valence electrons. The van der Waals surface area contributed by atoms with Gasteiger partial charge in [0.1, 0.15) is 12.0 Å². The van der Waals surface area contributed by atoms with Crippen LogP contribution in [-0.4, -0.2) is 19.9 Å². The second kappa shape index (κ2) is 4.65. The molecule has 0 bridgehead atoms. The third-order valence-corrected chi connectivity index (χ3v) is 2.13. The fraction of sp³-hybridized carbons (Fsp3) is 0.273. The Morgan fingerprint density at radius 3 is 3.00 bits per heavy atom. The molecule has 0 aliphatic heterocycles. The quantitative estimate of drug-likeness (QED) is 0.836. The van der Waals surface area contributed by atoms with Crippen LogP contribution in [0.4, 0.5) is 0 Å². The molecule has 16 heavy (non-hydrogen) atoms. The van der Waals surface area contributed by atoms with Crippen molar-refractivity contribution in [1.29, 1.82) is 0 Å². The number of aryl methyl sites for hydroxylation is 1. The number of rotatable bonds is 3. The van der Waals surface area contributed by atoms with Crippen LogP contribution in [-0.2, 0) is 6.42 Å². The number of aromatic amines is 1. The van der Waals surface area contributed by atoms with Gasteiger partial charge in [0.15, 0.2) is 5.82 Å². The molecule has 2 aromatic rings. The summed E-state index contributed by atoms with van der Waals surface area (Å²) in [7, 11) is 0. The Bertz CT molecular complexity index is 521. The van der Waals surface area contributed by atoms with Gasteiger partial charge in [0.2, 0.25) is 0 Å². The van der Waals surface area contributed by atoms with Gasteiger partial charge in [0.25, 0.3) is 5.56 Å². The second-order valence-electron chi connectivity index (χ2n) is 3.43. The molecule has 5 heteroatoms. The predicted octanol–water partition coefficient (Wildman–Crippen LogP) is 1.18. The van der Waals surface area contributed by atoms with Crippen molar-refractivity contribution in [1.82, 2.24) is 19.9 Å². The van der Waals surface area contributed by atoms with E-state index < -0.39 is 0 Å². The van der Waals surface area contributed by atoms with E-state index in [2.05, 4.69) is 19.9 Å². The van der Waals surface area contributed by atoms with Gasteiger partial charge in [-0.15, -0.1) is 0 Å². The lowest BCUT2D eigenvalue weighted by atomic mass is 10.2. The maximum absolute atomic E-state index is 11.4. The van der Waals surface area contributed by atoms with Crippen molar-refractivity contribution in [2.75, 3.05) is 0 Å². The van der Waals surface area contributed by atoms with Crippen LogP contribution in [0.25, 0.3) is 11.5 Å². The minimum absolute atomic E-state index is 0.146. The van der Waals surface area contributed by atoms with Crippen molar-refractivity contribution in [3.8, 4) is 11.5 Å². The minimum Gasteiger partial charge on any atom is -0.305 e. The molecule has 0 aromatic carbocycles. The minimum atomic E-state index is -0.146. The average molecular weight is 216 g/mol. The summed E-state index contributed by atoms with van der Waals surface area (Å²) in [5.41, 5.74) is 1.27. The molecule has 0 spiro atoms. The molecule has 0 radical (unpaired) electrons. The molecule has 0 fully saturated rings. The van der Waals surface area contributed by atoms with Crippen molar-refractivity contribution >= 4 is 0 Å². The van der Waals surface area contributed by atoms with Gasteiger partial charge in [-0.05, 0) is 12.5 Å². The highest BCUT2D eigenvalue weighted by Gasteiger charge is 2.04. The molecule has 0 atom stereocenters. The molecule has 1 N–H and O–H groups in total. The van der Waals surface area contributed by atoms with Crippen LogP contribution in [0.5, 0.6) is 0 Å². The molecule has 2 aromatic heterocycles. The van der Waals surface area contributed by atoms with E-state index in [1.807, 2.05) is 6.92 Å². The summed E-state index contributed by atoms with van der Waals surface area (Å²) in [6.45, 7) is 2.05. The third kappa shape index (κ3) is 2.31. The summed E-state index contributed by atoms with van der Waals surface area (Å²) in [6.07, 6.45) is 4.80. The van der Waals surface area contributed by atoms with Gasteiger partial charge in [0.05, 0.1) is 0 Å². The first-order valence-corrected chi connectivity index (χ1v) is 5.16. The molecule has 0 saturated carbocycles. The number of H-pyrrole nitrogens is 1. The first kappa shape index (κ1) is 10.5. The van der Waals surface area contributed by atoms with E-state index in [1.54, 1.807) is 12.3 Å². The molecule has 0 aliphatic rings. The molecule has 0 saturated heterocycles. The van der Waals surface area contributed by atoms with E-state index in [4.69, 9.17) is 0 Å². The summed E-state index contributed by atoms with van der Waals surface area (Å²) < 4.78 is 0. The maximum atomic E-state index is 11.4. The molecule has 0 amide bonds. The van der Waals surface area contributed by atoms with E-state index in [0.29, 0.717) is 11.5 Å². The van der Waals surface area contributed by atoms with Gasteiger partial charge in [0, 0.05) is 18.0 Å². The Morgan fingerprint density at radius 1 is 1.44 bits per heavy atom. The van der Waals surface area contributed by atoms with Crippen LogP contribution >= 0.6 is 0 Å². The van der Waals surface area contributed by atoms with E-state index in [1.165, 1.54) is 12.4 Å². The normalized spacial score (nSPS) is 10.3. The van der Waals surface area contributed by atoms with Crippen molar-refractivity contribution in [3.63, 3.8) is 0 Å². The zero-order chi connectivity index (χ0) is 11.4. The van der Waals surface area contributed by atoms with Crippen LogP contribution in [0, 0.1) is 0 Å². The first-order valence-electron chi connectivity index (χ1n) is 5.16. The van der Waals surface area contributed by atoms with E-state index in [9.17, 15) is 4.79 Å². The lowest BCUT2D eigenvalue weighted by Crippen LogP contribution is -2.10. The molecule has 2 heterocycles. The molecular weight excluding hydrogens is 204 g/mol. The number of aromatic nitrogens is 4. The number of hydrogen-bond acceptors (Lipinski definition) is 4. The average Bonchev–Trinajstić information content (AvgIpc) is 2.30. The van der Waals surface area contributed by atoms with Gasteiger partial charge in [-0.3, -0.25) is 4.79 Å². The Balaban J connectivity index is 2.45. The SMILES string of the molecule is CCCc1cc(=O)[nH]c(-c2ccncn2)n1. The van der Waals surface area contributed by atoms with Crippen molar-refractivity contribution in [2.45, 2.75) is 19.8 Å². The predicted molar refractivity (Wildman–Crippen MR) is 59.9 cm³/mol. The lowest BCUT2D eigenvalue weighted by molar-refractivity contribution is 0.867. The van der Waals surface area contributed by atoms with E-state index in [0.717, 1.165) is 18.5 Å².